The van der Waals surface area contributed by atoms with E-state index >= 15 is 0 Å². The molecule has 0 fully saturated rings. The lowest BCUT2D eigenvalue weighted by Crippen LogP contribution is -2.19. The number of hydrogen-bond donors (Lipinski definition) is 1. The summed E-state index contributed by atoms with van der Waals surface area (Å²) in [6.45, 7) is 4.94. The van der Waals surface area contributed by atoms with Crippen molar-refractivity contribution < 1.29 is 0 Å². The monoisotopic (exact) mass is 296 g/mol. The van der Waals surface area contributed by atoms with Gasteiger partial charge in [-0.15, -0.1) is 11.8 Å². The second kappa shape index (κ2) is 5.96. The molecule has 2 aromatic carbocycles. The van der Waals surface area contributed by atoms with Crippen molar-refractivity contribution in [2.75, 3.05) is 10.8 Å². The van der Waals surface area contributed by atoms with Crippen LogP contribution in [-0.4, -0.2) is 5.88 Å². The number of thioether (sulfide) groups is 1. The zero-order chi connectivity index (χ0) is 14.8. The molecule has 0 atom stereocenters. The fraction of sp³-hybridized carbons (Fsp3) is 0.222. The minimum absolute atomic E-state index is 0.559. The molecule has 21 heavy (non-hydrogen) atoms. The van der Waals surface area contributed by atoms with E-state index < -0.39 is 0 Å². The Morgan fingerprint density at radius 2 is 1.81 bits per heavy atom. The smallest absolute Gasteiger partial charge is 0.0729 e. The standard InChI is InChI=1S/C18H20N2S/c1-13-14(2)21-12-20(13)18-16(11-19)9-6-10-17(18)15-7-4-3-5-8-15/h3-10H,11-12,19H2,1-2H3. The van der Waals surface area contributed by atoms with Gasteiger partial charge in [0.25, 0.3) is 0 Å². The molecular formula is C18H20N2S. The Kier molecular flexibility index (Phi) is 4.04. The van der Waals surface area contributed by atoms with Crippen LogP contribution in [0.2, 0.25) is 0 Å². The molecule has 108 valence electrons. The highest BCUT2D eigenvalue weighted by Gasteiger charge is 2.23. The van der Waals surface area contributed by atoms with Crippen molar-refractivity contribution >= 4 is 17.4 Å². The van der Waals surface area contributed by atoms with Crippen LogP contribution in [-0.2, 0) is 6.54 Å². The number of anilines is 1. The second-order valence-electron chi connectivity index (χ2n) is 5.23. The quantitative estimate of drug-likeness (QED) is 0.899. The average molecular weight is 296 g/mol. The van der Waals surface area contributed by atoms with Gasteiger partial charge in [0.05, 0.1) is 11.6 Å². The normalized spacial score (nSPS) is 14.9. The largest absolute Gasteiger partial charge is 0.334 e. The van der Waals surface area contributed by atoms with Gasteiger partial charge < -0.3 is 10.6 Å². The first-order valence-electron chi connectivity index (χ1n) is 7.17. The van der Waals surface area contributed by atoms with Gasteiger partial charge in [-0.25, -0.2) is 0 Å². The Morgan fingerprint density at radius 1 is 1.05 bits per heavy atom. The maximum absolute atomic E-state index is 6.00. The van der Waals surface area contributed by atoms with Gasteiger partial charge in [-0.2, -0.15) is 0 Å². The van der Waals surface area contributed by atoms with Crippen LogP contribution in [0.1, 0.15) is 19.4 Å². The van der Waals surface area contributed by atoms with E-state index in [1.54, 1.807) is 0 Å². The minimum atomic E-state index is 0.559. The molecule has 0 unspecified atom stereocenters. The van der Waals surface area contributed by atoms with Gasteiger partial charge in [0, 0.05) is 22.7 Å². The molecule has 2 aromatic rings. The van der Waals surface area contributed by atoms with E-state index in [2.05, 4.69) is 67.3 Å². The molecule has 0 saturated heterocycles. The van der Waals surface area contributed by atoms with Crippen molar-refractivity contribution in [3.63, 3.8) is 0 Å². The third-order valence-corrected chi connectivity index (χ3v) is 5.13. The van der Waals surface area contributed by atoms with Crippen LogP contribution in [0, 0.1) is 0 Å². The Labute approximate surface area is 130 Å². The number of allylic oxidation sites excluding steroid dienone is 2. The van der Waals surface area contributed by atoms with E-state index in [-0.39, 0.29) is 0 Å². The van der Waals surface area contributed by atoms with Crippen molar-refractivity contribution in [2.45, 2.75) is 20.4 Å². The van der Waals surface area contributed by atoms with Crippen molar-refractivity contribution in [1.82, 2.24) is 0 Å². The third kappa shape index (κ3) is 2.59. The predicted molar refractivity (Wildman–Crippen MR) is 93.1 cm³/mol. The van der Waals surface area contributed by atoms with E-state index in [0.717, 1.165) is 5.88 Å². The second-order valence-corrected chi connectivity index (χ2v) is 6.39. The summed E-state index contributed by atoms with van der Waals surface area (Å²) in [5.74, 6) is 0.967. The van der Waals surface area contributed by atoms with E-state index in [9.17, 15) is 0 Å². The average Bonchev–Trinajstić information content (AvgIpc) is 2.87. The first-order chi connectivity index (χ1) is 10.2. The van der Waals surface area contributed by atoms with Gasteiger partial charge in [0.15, 0.2) is 0 Å². The first-order valence-corrected chi connectivity index (χ1v) is 8.16. The molecule has 0 radical (unpaired) electrons. The van der Waals surface area contributed by atoms with Gasteiger partial charge in [0.2, 0.25) is 0 Å². The number of nitrogens with two attached hydrogens (primary N) is 1. The van der Waals surface area contributed by atoms with Crippen molar-refractivity contribution in [3.05, 3.63) is 64.7 Å². The van der Waals surface area contributed by atoms with Crippen LogP contribution < -0.4 is 10.6 Å². The Balaban J connectivity index is 2.18. The molecule has 2 nitrogen and oxygen atoms in total. The zero-order valence-corrected chi connectivity index (χ0v) is 13.3. The molecule has 0 aromatic heterocycles. The van der Waals surface area contributed by atoms with Crippen molar-refractivity contribution in [2.24, 2.45) is 5.73 Å². The molecule has 3 rings (SSSR count). The SMILES string of the molecule is CC1=C(C)N(c2c(CN)cccc2-c2ccccc2)CS1. The fourth-order valence-electron chi connectivity index (χ4n) is 2.71. The molecule has 1 aliphatic rings. The highest BCUT2D eigenvalue weighted by Crippen LogP contribution is 2.41. The van der Waals surface area contributed by atoms with Crippen LogP contribution >= 0.6 is 11.8 Å². The zero-order valence-electron chi connectivity index (χ0n) is 12.5. The maximum Gasteiger partial charge on any atom is 0.0729 e. The van der Waals surface area contributed by atoms with E-state index in [0.29, 0.717) is 6.54 Å². The summed E-state index contributed by atoms with van der Waals surface area (Å²) in [5, 5.41) is 0. The summed E-state index contributed by atoms with van der Waals surface area (Å²) < 4.78 is 0. The fourth-order valence-corrected chi connectivity index (χ4v) is 3.67. The summed E-state index contributed by atoms with van der Waals surface area (Å²) >= 11 is 1.90. The van der Waals surface area contributed by atoms with E-state index in [1.807, 2.05) is 11.8 Å². The molecule has 0 spiro atoms. The van der Waals surface area contributed by atoms with Gasteiger partial charge in [-0.3, -0.25) is 0 Å². The summed E-state index contributed by atoms with van der Waals surface area (Å²) in [7, 11) is 0. The summed E-state index contributed by atoms with van der Waals surface area (Å²) in [6.07, 6.45) is 0. The molecule has 0 aliphatic carbocycles. The van der Waals surface area contributed by atoms with Crippen molar-refractivity contribution in [3.8, 4) is 11.1 Å². The number of rotatable bonds is 3. The first kappa shape index (κ1) is 14.2. The van der Waals surface area contributed by atoms with Crippen LogP contribution in [0.25, 0.3) is 11.1 Å². The topological polar surface area (TPSA) is 29.3 Å². The van der Waals surface area contributed by atoms with E-state index in [1.165, 1.54) is 33.0 Å². The van der Waals surface area contributed by atoms with Crippen LogP contribution in [0.15, 0.2) is 59.1 Å². The molecular weight excluding hydrogens is 276 g/mol. The predicted octanol–water partition coefficient (Wildman–Crippen LogP) is 4.57. The Morgan fingerprint density at radius 3 is 2.43 bits per heavy atom. The molecule has 0 saturated carbocycles. The van der Waals surface area contributed by atoms with Crippen molar-refractivity contribution in [1.29, 1.82) is 0 Å². The molecule has 0 bridgehead atoms. The lowest BCUT2D eigenvalue weighted by molar-refractivity contribution is 1.01. The summed E-state index contributed by atoms with van der Waals surface area (Å²) in [5.41, 5.74) is 12.3. The van der Waals surface area contributed by atoms with Gasteiger partial charge in [0.1, 0.15) is 0 Å². The Hall–Kier alpha value is -1.71. The summed E-state index contributed by atoms with van der Waals surface area (Å²) in [6, 6.07) is 17.0. The maximum atomic E-state index is 6.00. The molecule has 1 heterocycles. The molecule has 2 N–H and O–H groups in total. The summed E-state index contributed by atoms with van der Waals surface area (Å²) in [4.78, 5) is 3.78. The third-order valence-electron chi connectivity index (χ3n) is 4.02. The molecule has 3 heteroatoms. The van der Waals surface area contributed by atoms with Gasteiger partial charge >= 0.3 is 0 Å². The van der Waals surface area contributed by atoms with Gasteiger partial charge in [-0.1, -0.05) is 48.5 Å². The Bertz CT molecular complexity index is 677. The number of para-hydroxylation sites is 1. The highest BCUT2D eigenvalue weighted by molar-refractivity contribution is 8.03. The minimum Gasteiger partial charge on any atom is -0.334 e. The van der Waals surface area contributed by atoms with Crippen LogP contribution in [0.3, 0.4) is 0 Å². The molecule has 0 amide bonds. The van der Waals surface area contributed by atoms with Crippen LogP contribution in [0.4, 0.5) is 5.69 Å². The van der Waals surface area contributed by atoms with Crippen LogP contribution in [0.5, 0.6) is 0 Å². The number of hydrogen-bond acceptors (Lipinski definition) is 3. The lowest BCUT2D eigenvalue weighted by atomic mass is 9.99. The molecule has 1 aliphatic heterocycles. The number of benzene rings is 2. The van der Waals surface area contributed by atoms with Gasteiger partial charge in [-0.05, 0) is 25.0 Å². The highest BCUT2D eigenvalue weighted by atomic mass is 32.2. The lowest BCUT2D eigenvalue weighted by Gasteiger charge is -2.26. The number of nitrogens with zero attached hydrogens (tertiary/aromatic N) is 1. The van der Waals surface area contributed by atoms with E-state index in [4.69, 9.17) is 5.73 Å².